The molecule has 1 N–H and O–H groups in total. The summed E-state index contributed by atoms with van der Waals surface area (Å²) in [4.78, 5) is 41.4. The van der Waals surface area contributed by atoms with Crippen molar-refractivity contribution >= 4 is 17.8 Å². The van der Waals surface area contributed by atoms with E-state index in [0.717, 1.165) is 16.9 Å². The third-order valence-electron chi connectivity index (χ3n) is 5.87. The Bertz CT molecular complexity index is 762. The summed E-state index contributed by atoms with van der Waals surface area (Å²) >= 11 is 0. The molecule has 1 aromatic rings. The van der Waals surface area contributed by atoms with Crippen molar-refractivity contribution in [2.45, 2.75) is 59.0 Å². The van der Waals surface area contributed by atoms with Crippen molar-refractivity contribution in [2.75, 3.05) is 13.1 Å². The number of benzene rings is 1. The molecule has 1 spiro atoms. The molecule has 28 heavy (non-hydrogen) atoms. The van der Waals surface area contributed by atoms with Crippen LogP contribution >= 0.6 is 0 Å². The standard InChI is InChI=1S/C22H31N3O3/c1-5-24(13-17-9-7-6-8-10-17)18(26)14-25-19(27)22(23-20(25)28)12-16(2)11-21(3,4)15-22/h6-10,16H,5,11-15H2,1-4H3,(H,23,28)/t16-,22+/m0/s1. The molecule has 2 aliphatic rings. The minimum atomic E-state index is -0.866. The first-order valence-corrected chi connectivity index (χ1v) is 10.1. The number of hydrogen-bond acceptors (Lipinski definition) is 3. The van der Waals surface area contributed by atoms with E-state index in [1.54, 1.807) is 4.90 Å². The minimum absolute atomic E-state index is 0.0244. The second kappa shape index (κ2) is 7.57. The monoisotopic (exact) mass is 385 g/mol. The van der Waals surface area contributed by atoms with Crippen LogP contribution in [0.2, 0.25) is 0 Å². The number of urea groups is 1. The van der Waals surface area contributed by atoms with E-state index < -0.39 is 11.6 Å². The highest BCUT2D eigenvalue weighted by atomic mass is 16.2. The van der Waals surface area contributed by atoms with Crippen molar-refractivity contribution < 1.29 is 14.4 Å². The summed E-state index contributed by atoms with van der Waals surface area (Å²) in [5.74, 6) is -0.120. The maximum atomic E-state index is 13.2. The molecule has 6 nitrogen and oxygen atoms in total. The van der Waals surface area contributed by atoms with Gasteiger partial charge in [-0.25, -0.2) is 4.79 Å². The first-order chi connectivity index (χ1) is 13.2. The molecule has 2 atom stereocenters. The Labute approximate surface area is 167 Å². The van der Waals surface area contributed by atoms with Gasteiger partial charge in [0.2, 0.25) is 5.91 Å². The van der Waals surface area contributed by atoms with Crippen molar-refractivity contribution in [2.24, 2.45) is 11.3 Å². The molecule has 0 aromatic heterocycles. The first kappa shape index (κ1) is 20.4. The molecule has 0 bridgehead atoms. The number of imide groups is 1. The van der Waals surface area contributed by atoms with Gasteiger partial charge in [-0.2, -0.15) is 0 Å². The van der Waals surface area contributed by atoms with Crippen molar-refractivity contribution in [3.05, 3.63) is 35.9 Å². The van der Waals surface area contributed by atoms with E-state index in [1.807, 2.05) is 37.3 Å². The lowest BCUT2D eigenvalue weighted by atomic mass is 9.64. The minimum Gasteiger partial charge on any atom is -0.337 e. The van der Waals surface area contributed by atoms with Crippen molar-refractivity contribution in [3.8, 4) is 0 Å². The van der Waals surface area contributed by atoms with Crippen LogP contribution in [0.25, 0.3) is 0 Å². The van der Waals surface area contributed by atoms with Crippen molar-refractivity contribution in [1.82, 2.24) is 15.1 Å². The molecule has 4 amide bonds. The number of nitrogens with one attached hydrogen (secondary N) is 1. The normalized spacial score (nSPS) is 26.4. The van der Waals surface area contributed by atoms with E-state index in [2.05, 4.69) is 26.1 Å². The molecule has 1 heterocycles. The summed E-state index contributed by atoms with van der Waals surface area (Å²) in [7, 11) is 0. The number of carbonyl (C=O) groups excluding carboxylic acids is 3. The maximum absolute atomic E-state index is 13.2. The van der Waals surface area contributed by atoms with Gasteiger partial charge in [-0.1, -0.05) is 51.1 Å². The summed E-state index contributed by atoms with van der Waals surface area (Å²) in [6.07, 6.45) is 2.27. The predicted molar refractivity (Wildman–Crippen MR) is 107 cm³/mol. The highest BCUT2D eigenvalue weighted by Gasteiger charge is 2.56. The molecule has 1 saturated heterocycles. The van der Waals surface area contributed by atoms with Gasteiger partial charge in [0.25, 0.3) is 5.91 Å². The maximum Gasteiger partial charge on any atom is 0.325 e. The molecule has 2 fully saturated rings. The van der Waals surface area contributed by atoms with Gasteiger partial charge >= 0.3 is 6.03 Å². The van der Waals surface area contributed by atoms with Gasteiger partial charge in [0.15, 0.2) is 0 Å². The zero-order valence-corrected chi connectivity index (χ0v) is 17.3. The SMILES string of the molecule is CCN(Cc1ccccc1)C(=O)CN1C(=O)N[C@@]2(C[C@@H](C)CC(C)(C)C2)C1=O. The van der Waals surface area contributed by atoms with Gasteiger partial charge in [0, 0.05) is 13.1 Å². The van der Waals surface area contributed by atoms with Gasteiger partial charge in [-0.05, 0) is 43.1 Å². The fourth-order valence-corrected chi connectivity index (χ4v) is 5.06. The quantitative estimate of drug-likeness (QED) is 0.792. The summed E-state index contributed by atoms with van der Waals surface area (Å²) in [5, 5.41) is 2.93. The highest BCUT2D eigenvalue weighted by molar-refractivity contribution is 6.09. The van der Waals surface area contributed by atoms with Crippen molar-refractivity contribution in [3.63, 3.8) is 0 Å². The number of rotatable bonds is 5. The van der Waals surface area contributed by atoms with E-state index in [9.17, 15) is 14.4 Å². The Morgan fingerprint density at radius 2 is 1.89 bits per heavy atom. The Hall–Kier alpha value is -2.37. The average Bonchev–Trinajstić information content (AvgIpc) is 2.82. The summed E-state index contributed by atoms with van der Waals surface area (Å²) in [6, 6.07) is 9.27. The Kier molecular flexibility index (Phi) is 5.50. The lowest BCUT2D eigenvalue weighted by molar-refractivity contribution is -0.141. The molecule has 3 rings (SSSR count). The van der Waals surface area contributed by atoms with E-state index in [4.69, 9.17) is 0 Å². The molecular weight excluding hydrogens is 354 g/mol. The van der Waals surface area contributed by atoms with Crippen LogP contribution < -0.4 is 5.32 Å². The fraction of sp³-hybridized carbons (Fsp3) is 0.591. The van der Waals surface area contributed by atoms with Crippen LogP contribution in [-0.4, -0.2) is 46.3 Å². The number of likely N-dealkylation sites (N-methyl/N-ethyl adjacent to an activating group) is 1. The molecule has 0 radical (unpaired) electrons. The van der Waals surface area contributed by atoms with E-state index in [1.165, 1.54) is 0 Å². The molecule has 1 aliphatic carbocycles. The third-order valence-corrected chi connectivity index (χ3v) is 5.87. The summed E-state index contributed by atoms with van der Waals surface area (Å²) in [6.45, 7) is 9.07. The number of carbonyl (C=O) groups is 3. The Morgan fingerprint density at radius 1 is 1.21 bits per heavy atom. The molecule has 152 valence electrons. The summed E-state index contributed by atoms with van der Waals surface area (Å²) < 4.78 is 0. The van der Waals surface area contributed by atoms with Crippen LogP contribution in [0, 0.1) is 11.3 Å². The molecule has 1 aliphatic heterocycles. The third kappa shape index (κ3) is 4.05. The lowest BCUT2D eigenvalue weighted by Crippen LogP contribution is -2.54. The number of nitrogens with zero attached hydrogens (tertiary/aromatic N) is 2. The zero-order valence-electron chi connectivity index (χ0n) is 17.3. The van der Waals surface area contributed by atoms with E-state index in [0.29, 0.717) is 31.8 Å². The topological polar surface area (TPSA) is 69.7 Å². The summed E-state index contributed by atoms with van der Waals surface area (Å²) in [5.41, 5.74) is 0.132. The van der Waals surface area contributed by atoms with Crippen LogP contribution in [-0.2, 0) is 16.1 Å². The Balaban J connectivity index is 1.72. The Morgan fingerprint density at radius 3 is 2.50 bits per heavy atom. The fourth-order valence-electron chi connectivity index (χ4n) is 5.06. The van der Waals surface area contributed by atoms with E-state index >= 15 is 0 Å². The van der Waals surface area contributed by atoms with Gasteiger partial charge in [-0.15, -0.1) is 0 Å². The van der Waals surface area contributed by atoms with Crippen LogP contribution in [0.3, 0.4) is 0 Å². The lowest BCUT2D eigenvalue weighted by Gasteiger charge is -2.43. The molecule has 0 unspecified atom stereocenters. The smallest absolute Gasteiger partial charge is 0.325 e. The number of hydrogen-bond donors (Lipinski definition) is 1. The number of amides is 4. The molecular formula is C22H31N3O3. The van der Waals surface area contributed by atoms with Crippen LogP contribution in [0.1, 0.15) is 52.5 Å². The second-order valence-corrected chi connectivity index (χ2v) is 9.15. The average molecular weight is 386 g/mol. The van der Waals surface area contributed by atoms with Crippen LogP contribution in [0.15, 0.2) is 30.3 Å². The second-order valence-electron chi connectivity index (χ2n) is 9.15. The van der Waals surface area contributed by atoms with Crippen LogP contribution in [0.5, 0.6) is 0 Å². The largest absolute Gasteiger partial charge is 0.337 e. The predicted octanol–water partition coefficient (Wildman–Crippen LogP) is 3.17. The van der Waals surface area contributed by atoms with Gasteiger partial charge in [0.1, 0.15) is 12.1 Å². The zero-order chi connectivity index (χ0) is 20.5. The molecule has 6 heteroatoms. The van der Waals surface area contributed by atoms with Crippen LogP contribution in [0.4, 0.5) is 4.79 Å². The van der Waals surface area contributed by atoms with Gasteiger partial charge in [-0.3, -0.25) is 14.5 Å². The van der Waals surface area contributed by atoms with Crippen molar-refractivity contribution in [1.29, 1.82) is 0 Å². The highest BCUT2D eigenvalue weighted by Crippen LogP contribution is 2.46. The van der Waals surface area contributed by atoms with Gasteiger partial charge < -0.3 is 10.2 Å². The molecule has 1 aromatic carbocycles. The van der Waals surface area contributed by atoms with E-state index in [-0.39, 0.29) is 23.8 Å². The molecule has 1 saturated carbocycles. The van der Waals surface area contributed by atoms with Gasteiger partial charge in [0.05, 0.1) is 0 Å². The first-order valence-electron chi connectivity index (χ1n) is 10.1.